The second-order valence-corrected chi connectivity index (χ2v) is 5.85. The minimum Gasteiger partial charge on any atom is -0.374 e. The molecule has 2 fully saturated rings. The van der Waals surface area contributed by atoms with E-state index < -0.39 is 0 Å². The van der Waals surface area contributed by atoms with Crippen LogP contribution in [0.2, 0.25) is 0 Å². The number of hydrogen-bond donors (Lipinski definition) is 1. The van der Waals surface area contributed by atoms with Crippen LogP contribution in [-0.2, 0) is 4.74 Å². The normalized spacial score (nSPS) is 37.9. The van der Waals surface area contributed by atoms with E-state index in [0.717, 1.165) is 11.8 Å². The molecule has 3 atom stereocenters. The van der Waals surface area contributed by atoms with Gasteiger partial charge >= 0.3 is 0 Å². The van der Waals surface area contributed by atoms with Crippen LogP contribution in [0.15, 0.2) is 0 Å². The molecular weight excluding hydrogens is 194 g/mol. The number of hydrogen-bond acceptors (Lipinski definition) is 3. The molecule has 2 saturated heterocycles. The molecule has 0 aromatic rings. The maximum atomic E-state index is 5.76. The lowest BCUT2D eigenvalue weighted by Gasteiger charge is -2.14. The van der Waals surface area contributed by atoms with Gasteiger partial charge in [0.25, 0.3) is 0 Å². The number of rotatable bonds is 4. The van der Waals surface area contributed by atoms with Crippen molar-refractivity contribution in [2.45, 2.75) is 50.1 Å². The topological polar surface area (TPSA) is 21.3 Å². The quantitative estimate of drug-likeness (QED) is 0.775. The molecule has 0 amide bonds. The van der Waals surface area contributed by atoms with E-state index in [0.29, 0.717) is 12.2 Å². The third kappa shape index (κ3) is 3.14. The Bertz CT molecular complexity index is 171. The SMILES string of the molecule is CC1CCC(CNCC2CCCS2)O1. The van der Waals surface area contributed by atoms with Gasteiger partial charge in [-0.2, -0.15) is 11.8 Å². The summed E-state index contributed by atoms with van der Waals surface area (Å²) in [4.78, 5) is 0. The molecule has 82 valence electrons. The van der Waals surface area contributed by atoms with E-state index >= 15 is 0 Å². The highest BCUT2D eigenvalue weighted by atomic mass is 32.2. The summed E-state index contributed by atoms with van der Waals surface area (Å²) in [7, 11) is 0. The largest absolute Gasteiger partial charge is 0.374 e. The molecule has 0 aliphatic carbocycles. The van der Waals surface area contributed by atoms with E-state index in [9.17, 15) is 0 Å². The monoisotopic (exact) mass is 215 g/mol. The lowest BCUT2D eigenvalue weighted by atomic mass is 10.2. The zero-order valence-electron chi connectivity index (χ0n) is 9.00. The fourth-order valence-corrected chi connectivity index (χ4v) is 3.48. The fourth-order valence-electron chi connectivity index (χ4n) is 2.25. The zero-order chi connectivity index (χ0) is 9.80. The van der Waals surface area contributed by atoms with Crippen LogP contribution in [0, 0.1) is 0 Å². The van der Waals surface area contributed by atoms with Crippen LogP contribution in [0.25, 0.3) is 0 Å². The second-order valence-electron chi connectivity index (χ2n) is 4.44. The van der Waals surface area contributed by atoms with Crippen molar-refractivity contribution in [1.82, 2.24) is 5.32 Å². The van der Waals surface area contributed by atoms with Gasteiger partial charge in [0.15, 0.2) is 0 Å². The molecule has 2 heterocycles. The van der Waals surface area contributed by atoms with Gasteiger partial charge in [-0.15, -0.1) is 0 Å². The van der Waals surface area contributed by atoms with Crippen LogP contribution in [0.5, 0.6) is 0 Å². The number of thioether (sulfide) groups is 1. The minimum atomic E-state index is 0.483. The van der Waals surface area contributed by atoms with E-state index in [4.69, 9.17) is 4.74 Å². The van der Waals surface area contributed by atoms with Gasteiger partial charge in [0.1, 0.15) is 0 Å². The van der Waals surface area contributed by atoms with Gasteiger partial charge in [0.2, 0.25) is 0 Å². The molecule has 14 heavy (non-hydrogen) atoms. The Kier molecular flexibility index (Phi) is 4.14. The van der Waals surface area contributed by atoms with Gasteiger partial charge < -0.3 is 10.1 Å². The Morgan fingerprint density at radius 1 is 1.29 bits per heavy atom. The minimum absolute atomic E-state index is 0.483. The van der Waals surface area contributed by atoms with Crippen molar-refractivity contribution in [1.29, 1.82) is 0 Å². The highest BCUT2D eigenvalue weighted by Gasteiger charge is 2.22. The summed E-state index contributed by atoms with van der Waals surface area (Å²) in [6, 6.07) is 0. The summed E-state index contributed by atoms with van der Waals surface area (Å²) >= 11 is 2.12. The second kappa shape index (κ2) is 5.38. The molecule has 0 spiro atoms. The molecule has 2 aliphatic heterocycles. The highest BCUT2D eigenvalue weighted by Crippen LogP contribution is 2.25. The molecule has 1 N–H and O–H groups in total. The first-order chi connectivity index (χ1) is 6.84. The molecule has 0 bridgehead atoms. The van der Waals surface area contributed by atoms with Gasteiger partial charge in [0.05, 0.1) is 12.2 Å². The summed E-state index contributed by atoms with van der Waals surface area (Å²) in [5.41, 5.74) is 0. The van der Waals surface area contributed by atoms with Gasteiger partial charge in [0, 0.05) is 18.3 Å². The van der Waals surface area contributed by atoms with E-state index in [2.05, 4.69) is 24.0 Å². The van der Waals surface area contributed by atoms with Crippen molar-refractivity contribution < 1.29 is 4.74 Å². The van der Waals surface area contributed by atoms with E-state index in [1.165, 1.54) is 38.0 Å². The fraction of sp³-hybridized carbons (Fsp3) is 1.00. The van der Waals surface area contributed by atoms with Crippen LogP contribution in [-0.4, -0.2) is 36.3 Å². The van der Waals surface area contributed by atoms with Crippen molar-refractivity contribution in [3.05, 3.63) is 0 Å². The third-order valence-electron chi connectivity index (χ3n) is 3.09. The predicted octanol–water partition coefficient (Wildman–Crippen LogP) is 2.04. The molecule has 2 aliphatic rings. The number of ether oxygens (including phenoxy) is 1. The Morgan fingerprint density at radius 2 is 2.21 bits per heavy atom. The van der Waals surface area contributed by atoms with Crippen LogP contribution in [0.1, 0.15) is 32.6 Å². The summed E-state index contributed by atoms with van der Waals surface area (Å²) < 4.78 is 5.76. The molecule has 0 saturated carbocycles. The average Bonchev–Trinajstić information content (AvgIpc) is 2.77. The molecule has 3 unspecified atom stereocenters. The first-order valence-corrected chi connectivity index (χ1v) is 6.87. The summed E-state index contributed by atoms with van der Waals surface area (Å²) in [6.45, 7) is 4.41. The van der Waals surface area contributed by atoms with Crippen LogP contribution < -0.4 is 5.32 Å². The van der Waals surface area contributed by atoms with E-state index in [1.54, 1.807) is 0 Å². The highest BCUT2D eigenvalue weighted by molar-refractivity contribution is 8.00. The summed E-state index contributed by atoms with van der Waals surface area (Å²) in [6.07, 6.45) is 6.27. The zero-order valence-corrected chi connectivity index (χ0v) is 9.81. The summed E-state index contributed by atoms with van der Waals surface area (Å²) in [5.74, 6) is 1.36. The van der Waals surface area contributed by atoms with Crippen LogP contribution in [0.4, 0.5) is 0 Å². The standard InChI is InChI=1S/C11H21NOS/c1-9-4-5-10(13-9)7-12-8-11-3-2-6-14-11/h9-12H,2-8H2,1H3. The van der Waals surface area contributed by atoms with Crippen molar-refractivity contribution in [2.24, 2.45) is 0 Å². The molecule has 3 heteroatoms. The predicted molar refractivity (Wildman–Crippen MR) is 61.9 cm³/mol. The first-order valence-electron chi connectivity index (χ1n) is 5.82. The molecule has 0 aromatic heterocycles. The number of nitrogens with one attached hydrogen (secondary N) is 1. The maximum absolute atomic E-state index is 5.76. The smallest absolute Gasteiger partial charge is 0.0704 e. The summed E-state index contributed by atoms with van der Waals surface area (Å²) in [5, 5.41) is 4.41. The molecule has 0 aromatic carbocycles. The van der Waals surface area contributed by atoms with Gasteiger partial charge in [-0.25, -0.2) is 0 Å². The van der Waals surface area contributed by atoms with Crippen LogP contribution >= 0.6 is 11.8 Å². The molecule has 0 radical (unpaired) electrons. The van der Waals surface area contributed by atoms with Crippen LogP contribution in [0.3, 0.4) is 0 Å². The Hall–Kier alpha value is 0.270. The van der Waals surface area contributed by atoms with Gasteiger partial charge in [-0.05, 0) is 38.4 Å². The maximum Gasteiger partial charge on any atom is 0.0704 e. The van der Waals surface area contributed by atoms with Crippen molar-refractivity contribution >= 4 is 11.8 Å². The lowest BCUT2D eigenvalue weighted by molar-refractivity contribution is 0.0562. The lowest BCUT2D eigenvalue weighted by Crippen LogP contribution is -2.31. The molecule has 2 nitrogen and oxygen atoms in total. The Labute approximate surface area is 91.2 Å². The van der Waals surface area contributed by atoms with Crippen molar-refractivity contribution in [3.63, 3.8) is 0 Å². The van der Waals surface area contributed by atoms with Crippen molar-refractivity contribution in [2.75, 3.05) is 18.8 Å². The van der Waals surface area contributed by atoms with Crippen molar-refractivity contribution in [3.8, 4) is 0 Å². The Balaban J connectivity index is 1.54. The molecule has 2 rings (SSSR count). The van der Waals surface area contributed by atoms with E-state index in [1.807, 2.05) is 0 Å². The third-order valence-corrected chi connectivity index (χ3v) is 4.49. The Morgan fingerprint density at radius 3 is 2.86 bits per heavy atom. The first kappa shape index (κ1) is 10.8. The van der Waals surface area contributed by atoms with Gasteiger partial charge in [-0.1, -0.05) is 0 Å². The van der Waals surface area contributed by atoms with E-state index in [-0.39, 0.29) is 0 Å². The van der Waals surface area contributed by atoms with Gasteiger partial charge in [-0.3, -0.25) is 0 Å². The average molecular weight is 215 g/mol. The molecular formula is C11H21NOS.